The molecule has 0 aliphatic carbocycles. The van der Waals surface area contributed by atoms with Crippen LogP contribution in [0.2, 0.25) is 0 Å². The van der Waals surface area contributed by atoms with E-state index >= 15 is 0 Å². The van der Waals surface area contributed by atoms with Crippen molar-refractivity contribution in [2.45, 2.75) is 52.6 Å². The minimum atomic E-state index is -1.08. The molecule has 1 aliphatic heterocycles. The number of hydrogen-bond acceptors (Lipinski definition) is 5. The second kappa shape index (κ2) is 6.03. The van der Waals surface area contributed by atoms with E-state index < -0.39 is 11.9 Å². The van der Waals surface area contributed by atoms with Crippen LogP contribution in [0.5, 0.6) is 0 Å². The summed E-state index contributed by atoms with van der Waals surface area (Å²) in [5.74, 6) is 0. The predicted octanol–water partition coefficient (Wildman–Crippen LogP) is 1.73. The Labute approximate surface area is 124 Å². The summed E-state index contributed by atoms with van der Waals surface area (Å²) in [4.78, 5) is 13.7. The van der Waals surface area contributed by atoms with Crippen molar-refractivity contribution in [1.82, 2.24) is 15.1 Å². The van der Waals surface area contributed by atoms with Gasteiger partial charge in [0.1, 0.15) is 11.3 Å². The number of hydrogen-bond donors (Lipinski definition) is 2. The summed E-state index contributed by atoms with van der Waals surface area (Å²) in [6.07, 6.45) is -0.778. The molecule has 21 heavy (non-hydrogen) atoms. The van der Waals surface area contributed by atoms with E-state index in [9.17, 15) is 9.90 Å². The number of H-pyrrole nitrogens is 1. The number of aliphatic hydroxyl groups excluding tert-OH is 1. The lowest BCUT2D eigenvalue weighted by Crippen LogP contribution is -2.40. The Bertz CT molecular complexity index is 507. The highest BCUT2D eigenvalue weighted by Gasteiger charge is 2.30. The smallest absolute Gasteiger partial charge is 0.410 e. The monoisotopic (exact) mass is 297 g/mol. The van der Waals surface area contributed by atoms with Gasteiger partial charge in [-0.1, -0.05) is 0 Å². The van der Waals surface area contributed by atoms with Gasteiger partial charge >= 0.3 is 6.09 Å². The average molecular weight is 297 g/mol. The third-order valence-electron chi connectivity index (χ3n) is 3.18. The zero-order chi connectivity index (χ0) is 15.6. The molecule has 2 rings (SSSR count). The summed E-state index contributed by atoms with van der Waals surface area (Å²) >= 11 is 0. The summed E-state index contributed by atoms with van der Waals surface area (Å²) in [6.45, 7) is 8.62. The van der Waals surface area contributed by atoms with Gasteiger partial charge in [-0.25, -0.2) is 4.79 Å². The van der Waals surface area contributed by atoms with Gasteiger partial charge in [0.25, 0.3) is 0 Å². The van der Waals surface area contributed by atoms with Gasteiger partial charge < -0.3 is 19.5 Å². The predicted molar refractivity (Wildman–Crippen MR) is 75.5 cm³/mol. The fraction of sp³-hybridized carbons (Fsp3) is 0.714. The number of rotatable bonds is 3. The number of ether oxygens (including phenoxy) is 2. The lowest BCUT2D eigenvalue weighted by atomic mass is 10.1. The Morgan fingerprint density at radius 2 is 2.24 bits per heavy atom. The van der Waals surface area contributed by atoms with Crippen molar-refractivity contribution in [1.29, 1.82) is 0 Å². The van der Waals surface area contributed by atoms with E-state index in [0.29, 0.717) is 31.8 Å². The molecule has 0 radical (unpaired) electrons. The molecule has 1 aliphatic rings. The molecule has 0 spiro atoms. The van der Waals surface area contributed by atoms with Gasteiger partial charge in [-0.2, -0.15) is 5.10 Å². The molecule has 2 heterocycles. The van der Waals surface area contributed by atoms with Crippen LogP contribution in [0.3, 0.4) is 0 Å². The summed E-state index contributed by atoms with van der Waals surface area (Å²) in [7, 11) is 0. The zero-order valence-electron chi connectivity index (χ0n) is 13.0. The highest BCUT2D eigenvalue weighted by molar-refractivity contribution is 5.68. The van der Waals surface area contributed by atoms with E-state index in [1.165, 1.54) is 0 Å². The topological polar surface area (TPSA) is 87.7 Å². The third kappa shape index (κ3) is 3.74. The first-order chi connectivity index (χ1) is 9.81. The Balaban J connectivity index is 2.12. The Hall–Kier alpha value is -1.60. The minimum absolute atomic E-state index is 0.355. The summed E-state index contributed by atoms with van der Waals surface area (Å²) in [5, 5.41) is 16.9. The number of nitrogens with zero attached hydrogens (tertiary/aromatic N) is 2. The van der Waals surface area contributed by atoms with E-state index in [1.54, 1.807) is 11.8 Å². The second-order valence-corrected chi connectivity index (χ2v) is 6.03. The van der Waals surface area contributed by atoms with Crippen molar-refractivity contribution < 1.29 is 19.4 Å². The minimum Gasteiger partial charge on any atom is -0.444 e. The van der Waals surface area contributed by atoms with Crippen molar-refractivity contribution in [2.24, 2.45) is 0 Å². The van der Waals surface area contributed by atoms with E-state index in [2.05, 4.69) is 10.2 Å². The number of carbonyl (C=O) groups is 1. The van der Waals surface area contributed by atoms with Gasteiger partial charge in [0.15, 0.2) is 0 Å². The average Bonchev–Trinajstić information content (AvgIpc) is 2.79. The maximum atomic E-state index is 12.1. The largest absolute Gasteiger partial charge is 0.444 e. The van der Waals surface area contributed by atoms with Crippen LogP contribution < -0.4 is 0 Å². The first-order valence-corrected chi connectivity index (χ1v) is 7.15. The zero-order valence-corrected chi connectivity index (χ0v) is 13.0. The Kier molecular flexibility index (Phi) is 4.53. The number of aromatic amines is 1. The van der Waals surface area contributed by atoms with Gasteiger partial charge in [0.05, 0.1) is 6.54 Å². The number of aromatic nitrogens is 2. The molecule has 0 saturated heterocycles. The van der Waals surface area contributed by atoms with E-state index in [0.717, 1.165) is 11.3 Å². The normalized spacial score (nSPS) is 16.5. The molecule has 1 atom stereocenters. The number of fused-ring (bicyclic) bond motifs is 1. The third-order valence-corrected chi connectivity index (χ3v) is 3.18. The van der Waals surface area contributed by atoms with Crippen molar-refractivity contribution in [3.63, 3.8) is 0 Å². The molecule has 0 bridgehead atoms. The van der Waals surface area contributed by atoms with Crippen LogP contribution in [0.25, 0.3) is 0 Å². The lowest BCUT2D eigenvalue weighted by molar-refractivity contribution is -0.101. The summed E-state index contributed by atoms with van der Waals surface area (Å²) < 4.78 is 10.5. The van der Waals surface area contributed by atoms with E-state index in [-0.39, 0.29) is 6.09 Å². The molecule has 0 fully saturated rings. The fourth-order valence-corrected chi connectivity index (χ4v) is 2.24. The van der Waals surface area contributed by atoms with Crippen LogP contribution >= 0.6 is 0 Å². The molecule has 1 amide bonds. The second-order valence-electron chi connectivity index (χ2n) is 6.03. The molecule has 1 aromatic rings. The Morgan fingerprint density at radius 1 is 1.52 bits per heavy atom. The Morgan fingerprint density at radius 3 is 2.86 bits per heavy atom. The van der Waals surface area contributed by atoms with Gasteiger partial charge in [-0.3, -0.25) is 5.10 Å². The van der Waals surface area contributed by atoms with Crippen molar-refractivity contribution in [3.05, 3.63) is 17.0 Å². The standard InChI is InChI=1S/C14H23N3O4/c1-5-20-12(18)11-9-8-17(7-6-10(9)15-16-11)13(19)21-14(2,3)4/h12,18H,5-8H2,1-4H3,(H,15,16). The first kappa shape index (κ1) is 15.8. The molecule has 0 aromatic carbocycles. The fourth-order valence-electron chi connectivity index (χ4n) is 2.24. The van der Waals surface area contributed by atoms with Crippen LogP contribution in [0.15, 0.2) is 0 Å². The van der Waals surface area contributed by atoms with E-state index in [4.69, 9.17) is 9.47 Å². The van der Waals surface area contributed by atoms with Crippen LogP contribution in [0.4, 0.5) is 4.79 Å². The summed E-state index contributed by atoms with van der Waals surface area (Å²) in [6, 6.07) is 0. The molecule has 7 nitrogen and oxygen atoms in total. The van der Waals surface area contributed by atoms with Gasteiger partial charge in [-0.15, -0.1) is 0 Å². The van der Waals surface area contributed by atoms with E-state index in [1.807, 2.05) is 20.8 Å². The molecule has 2 N–H and O–H groups in total. The van der Waals surface area contributed by atoms with Crippen molar-refractivity contribution in [3.8, 4) is 0 Å². The maximum absolute atomic E-state index is 12.1. The highest BCUT2D eigenvalue weighted by atomic mass is 16.6. The first-order valence-electron chi connectivity index (χ1n) is 7.15. The molecular weight excluding hydrogens is 274 g/mol. The van der Waals surface area contributed by atoms with Crippen LogP contribution in [0.1, 0.15) is 50.9 Å². The van der Waals surface area contributed by atoms with Crippen LogP contribution in [0, 0.1) is 0 Å². The molecular formula is C14H23N3O4. The van der Waals surface area contributed by atoms with Crippen molar-refractivity contribution in [2.75, 3.05) is 13.2 Å². The number of aliphatic hydroxyl groups is 1. The lowest BCUT2D eigenvalue weighted by Gasteiger charge is -2.30. The highest BCUT2D eigenvalue weighted by Crippen LogP contribution is 2.26. The van der Waals surface area contributed by atoms with Gasteiger partial charge in [0, 0.05) is 30.8 Å². The number of carbonyl (C=O) groups excluding carboxylic acids is 1. The molecule has 1 unspecified atom stereocenters. The molecule has 1 aromatic heterocycles. The van der Waals surface area contributed by atoms with Gasteiger partial charge in [0.2, 0.25) is 6.29 Å². The molecule has 0 saturated carbocycles. The maximum Gasteiger partial charge on any atom is 0.410 e. The van der Waals surface area contributed by atoms with Crippen molar-refractivity contribution >= 4 is 6.09 Å². The quantitative estimate of drug-likeness (QED) is 0.830. The number of nitrogens with one attached hydrogen (secondary N) is 1. The van der Waals surface area contributed by atoms with Crippen LogP contribution in [-0.2, 0) is 22.4 Å². The number of amides is 1. The SMILES string of the molecule is CCOC(O)c1n[nH]c2c1CN(C(=O)OC(C)(C)C)CC2. The van der Waals surface area contributed by atoms with Gasteiger partial charge in [-0.05, 0) is 27.7 Å². The molecule has 7 heteroatoms. The van der Waals surface area contributed by atoms with Crippen LogP contribution in [-0.4, -0.2) is 45.0 Å². The summed E-state index contributed by atoms with van der Waals surface area (Å²) in [5.41, 5.74) is 1.67. The molecule has 118 valence electrons.